The van der Waals surface area contributed by atoms with Crippen LogP contribution in [0.25, 0.3) is 0 Å². The van der Waals surface area contributed by atoms with Crippen molar-refractivity contribution in [2.75, 3.05) is 7.11 Å². The van der Waals surface area contributed by atoms with Crippen LogP contribution in [0.1, 0.15) is 86.0 Å². The number of aliphatic hydroxyl groups excluding tert-OH is 2. The van der Waals surface area contributed by atoms with Gasteiger partial charge in [-0.3, -0.25) is 0 Å². The predicted molar refractivity (Wildman–Crippen MR) is 119 cm³/mol. The van der Waals surface area contributed by atoms with Gasteiger partial charge in [-0.05, 0) is 95.7 Å². The van der Waals surface area contributed by atoms with Crippen molar-refractivity contribution in [3.8, 4) is 0 Å². The summed E-state index contributed by atoms with van der Waals surface area (Å²) < 4.78 is 12.2. The van der Waals surface area contributed by atoms with Gasteiger partial charge in [-0.25, -0.2) is 0 Å². The molecule has 0 aromatic carbocycles. The van der Waals surface area contributed by atoms with E-state index in [-0.39, 0.29) is 46.3 Å². The average molecular weight is 433 g/mol. The number of ether oxygens (including phenoxy) is 2. The van der Waals surface area contributed by atoms with E-state index in [2.05, 4.69) is 34.6 Å². The van der Waals surface area contributed by atoms with Crippen LogP contribution >= 0.6 is 0 Å². The van der Waals surface area contributed by atoms with Gasteiger partial charge in [0.2, 0.25) is 0 Å². The Morgan fingerprint density at radius 2 is 1.68 bits per heavy atom. The van der Waals surface area contributed by atoms with Crippen LogP contribution in [0.2, 0.25) is 0 Å². The van der Waals surface area contributed by atoms with Crippen molar-refractivity contribution in [3.05, 3.63) is 0 Å². The Kier molecular flexibility index (Phi) is 4.20. The molecule has 6 fully saturated rings. The summed E-state index contributed by atoms with van der Waals surface area (Å²) in [6.45, 7) is 12.0. The first-order valence-electron chi connectivity index (χ1n) is 13.0. The highest BCUT2D eigenvalue weighted by Crippen LogP contribution is 2.89. The van der Waals surface area contributed by atoms with Crippen molar-refractivity contribution in [2.45, 2.75) is 111 Å². The molecule has 2 spiro atoms. The fourth-order valence-electron chi connectivity index (χ4n) is 11.4. The minimum Gasteiger partial charge on any atom is -0.393 e. The van der Waals surface area contributed by atoms with E-state index in [1.165, 1.54) is 19.3 Å². The molecule has 6 rings (SSSR count). The number of aliphatic hydroxyl groups is 2. The topological polar surface area (TPSA) is 58.9 Å². The van der Waals surface area contributed by atoms with E-state index in [0.717, 1.165) is 32.1 Å². The zero-order chi connectivity index (χ0) is 22.2. The number of fused-ring (bicyclic) bond motifs is 4. The average Bonchev–Trinajstić information content (AvgIpc) is 3.28. The normalized spacial score (nSPS) is 63.9. The van der Waals surface area contributed by atoms with E-state index in [1.807, 2.05) is 0 Å². The lowest BCUT2D eigenvalue weighted by molar-refractivity contribution is -0.220. The highest BCUT2D eigenvalue weighted by Gasteiger charge is 2.84. The molecule has 1 aliphatic heterocycles. The van der Waals surface area contributed by atoms with Gasteiger partial charge in [0.15, 0.2) is 6.29 Å². The van der Waals surface area contributed by atoms with Crippen LogP contribution in [0.15, 0.2) is 0 Å². The van der Waals surface area contributed by atoms with Crippen LogP contribution in [-0.4, -0.2) is 41.9 Å². The van der Waals surface area contributed by atoms with Crippen molar-refractivity contribution in [1.82, 2.24) is 0 Å². The van der Waals surface area contributed by atoms with E-state index >= 15 is 0 Å². The Balaban J connectivity index is 1.41. The summed E-state index contributed by atoms with van der Waals surface area (Å²) in [6, 6.07) is 0. The van der Waals surface area contributed by atoms with Crippen LogP contribution in [0.5, 0.6) is 0 Å². The first-order valence-corrected chi connectivity index (χ1v) is 13.0. The van der Waals surface area contributed by atoms with Gasteiger partial charge in [-0.1, -0.05) is 34.6 Å². The summed E-state index contributed by atoms with van der Waals surface area (Å²) in [7, 11) is 1.77. The number of rotatable bonds is 1. The van der Waals surface area contributed by atoms with Crippen molar-refractivity contribution in [1.29, 1.82) is 0 Å². The molecule has 176 valence electrons. The van der Waals surface area contributed by atoms with Gasteiger partial charge in [-0.15, -0.1) is 0 Å². The molecule has 12 unspecified atom stereocenters. The lowest BCUT2D eigenvalue weighted by Crippen LogP contribution is -2.61. The van der Waals surface area contributed by atoms with Crippen molar-refractivity contribution >= 4 is 0 Å². The van der Waals surface area contributed by atoms with Crippen LogP contribution in [0.4, 0.5) is 0 Å². The minimum absolute atomic E-state index is 0.0777. The fourth-order valence-corrected chi connectivity index (χ4v) is 11.4. The van der Waals surface area contributed by atoms with Gasteiger partial charge in [-0.2, -0.15) is 0 Å². The molecule has 6 aliphatic rings. The maximum Gasteiger partial charge on any atom is 0.157 e. The molecule has 31 heavy (non-hydrogen) atoms. The third kappa shape index (κ3) is 2.23. The Morgan fingerprint density at radius 1 is 0.935 bits per heavy atom. The Bertz CT molecular complexity index is 781. The van der Waals surface area contributed by atoms with Gasteiger partial charge in [0.05, 0.1) is 18.3 Å². The number of hydrogen-bond donors (Lipinski definition) is 2. The molecule has 12 atom stereocenters. The standard InChI is InChI=1S/C27H44O4/c1-15-11-20(30-6)31-17-13-25(5)22-16(28)12-18-23(2,3)19(29)7-8-26(18)14-27(22,26)10-9-24(25,4)21(15)17/h15-22,28-29H,7-14H2,1-6H3. The highest BCUT2D eigenvalue weighted by atomic mass is 16.7. The van der Waals surface area contributed by atoms with E-state index in [0.29, 0.717) is 29.1 Å². The molecule has 4 nitrogen and oxygen atoms in total. The van der Waals surface area contributed by atoms with Gasteiger partial charge in [0, 0.05) is 13.5 Å². The van der Waals surface area contributed by atoms with Crippen LogP contribution < -0.4 is 0 Å². The van der Waals surface area contributed by atoms with Crippen molar-refractivity contribution in [3.63, 3.8) is 0 Å². The van der Waals surface area contributed by atoms with Gasteiger partial charge >= 0.3 is 0 Å². The fraction of sp³-hybridized carbons (Fsp3) is 1.00. The summed E-state index contributed by atoms with van der Waals surface area (Å²) >= 11 is 0. The van der Waals surface area contributed by atoms with Gasteiger partial charge < -0.3 is 19.7 Å². The summed E-state index contributed by atoms with van der Waals surface area (Å²) in [5.74, 6) is 1.96. The number of methoxy groups -OCH3 is 1. The summed E-state index contributed by atoms with van der Waals surface area (Å²) in [5, 5.41) is 22.7. The lowest BCUT2D eigenvalue weighted by atomic mass is 9.41. The minimum atomic E-state index is -0.261. The second-order valence-electron chi connectivity index (χ2n) is 13.8. The molecule has 0 bridgehead atoms. The SMILES string of the molecule is COC1CC(C)C2C(CC3(C)C4C(O)CC5C(C)(C)C(O)CCC56CC46CCC23C)O1. The molecule has 1 heterocycles. The first kappa shape index (κ1) is 21.4. The highest BCUT2D eigenvalue weighted by molar-refractivity contribution is 5.32. The maximum absolute atomic E-state index is 11.8. The molecular weight excluding hydrogens is 388 g/mol. The summed E-state index contributed by atoms with van der Waals surface area (Å²) in [4.78, 5) is 0. The van der Waals surface area contributed by atoms with E-state index in [1.54, 1.807) is 7.11 Å². The smallest absolute Gasteiger partial charge is 0.157 e. The molecule has 5 aliphatic carbocycles. The van der Waals surface area contributed by atoms with Gasteiger partial charge in [0.25, 0.3) is 0 Å². The largest absolute Gasteiger partial charge is 0.393 e. The molecule has 0 aromatic heterocycles. The lowest BCUT2D eigenvalue weighted by Gasteiger charge is -2.64. The third-order valence-corrected chi connectivity index (χ3v) is 12.9. The summed E-state index contributed by atoms with van der Waals surface area (Å²) in [5.41, 5.74) is 0.846. The molecule has 4 heteroatoms. The van der Waals surface area contributed by atoms with E-state index in [4.69, 9.17) is 9.47 Å². The zero-order valence-corrected chi connectivity index (χ0v) is 20.5. The Morgan fingerprint density at radius 3 is 2.39 bits per heavy atom. The van der Waals surface area contributed by atoms with E-state index in [9.17, 15) is 10.2 Å². The van der Waals surface area contributed by atoms with Crippen LogP contribution in [0.3, 0.4) is 0 Å². The molecule has 5 saturated carbocycles. The third-order valence-electron chi connectivity index (χ3n) is 12.9. The number of hydrogen-bond acceptors (Lipinski definition) is 4. The predicted octanol–water partition coefficient (Wildman–Crippen LogP) is 4.76. The van der Waals surface area contributed by atoms with Crippen LogP contribution in [0, 0.1) is 50.7 Å². The van der Waals surface area contributed by atoms with Crippen molar-refractivity contribution in [2.24, 2.45) is 50.7 Å². The molecule has 0 aromatic rings. The summed E-state index contributed by atoms with van der Waals surface area (Å²) in [6.07, 6.45) is 8.49. The molecule has 2 N–H and O–H groups in total. The maximum atomic E-state index is 11.8. The van der Waals surface area contributed by atoms with Gasteiger partial charge in [0.1, 0.15) is 0 Å². The quantitative estimate of drug-likeness (QED) is 0.627. The Labute approximate surface area is 188 Å². The van der Waals surface area contributed by atoms with Crippen LogP contribution in [-0.2, 0) is 9.47 Å². The second kappa shape index (κ2) is 6.09. The van der Waals surface area contributed by atoms with E-state index < -0.39 is 0 Å². The molecule has 0 amide bonds. The zero-order valence-electron chi connectivity index (χ0n) is 20.5. The Hall–Kier alpha value is -0.160. The molecule has 1 saturated heterocycles. The second-order valence-corrected chi connectivity index (χ2v) is 13.8. The molecule has 0 radical (unpaired) electrons. The molecular formula is C27H44O4. The first-order chi connectivity index (χ1) is 14.5. The monoisotopic (exact) mass is 432 g/mol. The van der Waals surface area contributed by atoms with Crippen molar-refractivity contribution < 1.29 is 19.7 Å².